The average molecular weight is 913 g/mol. The van der Waals surface area contributed by atoms with E-state index >= 15 is 0 Å². The van der Waals surface area contributed by atoms with Crippen LogP contribution in [0.15, 0.2) is 267 Å². The smallest absolute Gasteiger partial charge is 0.0640 e. The van der Waals surface area contributed by atoms with Crippen LogP contribution in [-0.2, 0) is 0 Å². The average Bonchev–Trinajstić information content (AvgIpc) is 3.99. The Labute approximate surface area is 410 Å². The van der Waals surface area contributed by atoms with Gasteiger partial charge in [0.1, 0.15) is 0 Å². The molecule has 0 aliphatic heterocycles. The molecule has 0 fully saturated rings. The molecule has 4 nitrogen and oxygen atoms in total. The van der Waals surface area contributed by atoms with Crippen molar-refractivity contribution in [3.63, 3.8) is 0 Å². The van der Waals surface area contributed by atoms with Gasteiger partial charge in [-0.05, 0) is 130 Å². The summed E-state index contributed by atoms with van der Waals surface area (Å²) in [4.78, 5) is 9.23. The summed E-state index contributed by atoms with van der Waals surface area (Å²) in [6.07, 6.45) is 3.75. The molecule has 0 atom stereocenters. The number of thiophene rings is 1. The molecule has 3 heterocycles. The van der Waals surface area contributed by atoms with E-state index in [0.717, 1.165) is 45.4 Å². The highest BCUT2D eigenvalue weighted by Gasteiger charge is 2.25. The van der Waals surface area contributed by atoms with Gasteiger partial charge in [0.25, 0.3) is 0 Å². The molecule has 70 heavy (non-hydrogen) atoms. The third kappa shape index (κ3) is 7.28. The fourth-order valence-corrected chi connectivity index (χ4v) is 11.4. The summed E-state index contributed by atoms with van der Waals surface area (Å²) in [5, 5.41) is 4.97. The molecule has 3 aromatic heterocycles. The van der Waals surface area contributed by atoms with Gasteiger partial charge < -0.3 is 14.4 Å². The first-order valence-electron chi connectivity index (χ1n) is 23.7. The van der Waals surface area contributed by atoms with Gasteiger partial charge in [-0.1, -0.05) is 158 Å². The molecule has 5 heteroatoms. The van der Waals surface area contributed by atoms with Crippen LogP contribution in [0.1, 0.15) is 0 Å². The predicted octanol–water partition coefficient (Wildman–Crippen LogP) is 18.5. The minimum atomic E-state index is 1.01. The topological polar surface area (TPSA) is 24.3 Å². The molecular weight excluding hydrogens is 869 g/mol. The summed E-state index contributed by atoms with van der Waals surface area (Å²) in [5.74, 6) is 0. The number of benzene rings is 10. The third-order valence-electron chi connectivity index (χ3n) is 13.4. The lowest BCUT2D eigenvalue weighted by Gasteiger charge is -2.30. The molecule has 0 radical (unpaired) electrons. The molecule has 0 bridgehead atoms. The van der Waals surface area contributed by atoms with Crippen molar-refractivity contribution in [1.82, 2.24) is 9.55 Å². The van der Waals surface area contributed by atoms with E-state index in [9.17, 15) is 0 Å². The van der Waals surface area contributed by atoms with Crippen LogP contribution in [-0.4, -0.2) is 9.55 Å². The van der Waals surface area contributed by atoms with E-state index in [1.807, 2.05) is 23.7 Å². The Morgan fingerprint density at radius 2 is 0.800 bits per heavy atom. The molecule has 330 valence electrons. The van der Waals surface area contributed by atoms with Gasteiger partial charge in [-0.15, -0.1) is 11.3 Å². The number of hydrogen-bond donors (Lipinski definition) is 0. The van der Waals surface area contributed by atoms with Crippen LogP contribution < -0.4 is 9.80 Å². The van der Waals surface area contributed by atoms with Crippen molar-refractivity contribution in [2.24, 2.45) is 0 Å². The van der Waals surface area contributed by atoms with Gasteiger partial charge >= 0.3 is 0 Å². The van der Waals surface area contributed by atoms with Crippen molar-refractivity contribution >= 4 is 87.4 Å². The van der Waals surface area contributed by atoms with Crippen LogP contribution in [0.2, 0.25) is 0 Å². The number of para-hydroxylation sites is 3. The zero-order chi connectivity index (χ0) is 46.4. The van der Waals surface area contributed by atoms with Crippen LogP contribution >= 0.6 is 11.3 Å². The van der Waals surface area contributed by atoms with Gasteiger partial charge in [-0.25, -0.2) is 0 Å². The molecular formula is C65H44N4S. The maximum atomic E-state index is 4.46. The Hall–Kier alpha value is -9.03. The molecule has 0 saturated carbocycles. The van der Waals surface area contributed by atoms with Crippen LogP contribution in [0.4, 0.5) is 34.1 Å². The Balaban J connectivity index is 1.13. The SMILES string of the molecule is c1ccc(-c2ccc(N(c3ccc(-c4ccccc4)cc3)c3cc(-c4cc5sc6ccccc6c5c5c4c4ccccc4n5-c4ccccc4)cc(N(c4ccccc4)c4ccncc4)c3)cc2)cc1. The molecule has 0 N–H and O–H groups in total. The van der Waals surface area contributed by atoms with Gasteiger partial charge in [-0.2, -0.15) is 0 Å². The number of fused-ring (bicyclic) bond motifs is 7. The minimum Gasteiger partial charge on any atom is -0.310 e. The Kier molecular flexibility index (Phi) is 10.3. The van der Waals surface area contributed by atoms with Crippen LogP contribution in [0, 0.1) is 0 Å². The van der Waals surface area contributed by atoms with Crippen LogP contribution in [0.25, 0.3) is 81.0 Å². The van der Waals surface area contributed by atoms with Crippen LogP contribution in [0.5, 0.6) is 0 Å². The molecule has 10 aromatic carbocycles. The Morgan fingerprint density at radius 3 is 1.40 bits per heavy atom. The minimum absolute atomic E-state index is 1.01. The van der Waals surface area contributed by atoms with Gasteiger partial charge in [0.2, 0.25) is 0 Å². The standard InChI is InChI=1S/C65H44N4S/c1-5-17-45(18-6-1)47-29-33-52(34-30-47)68(53-35-31-48(32-36-53)46-19-7-2-8-20-46)56-42-49(41-55(43-56)67(50-21-9-3-10-22-50)54-37-39-66-40-38-54)59-44-62-64(58-26-14-16-28-61(58)70-62)65-63(59)57-25-13-15-27-60(57)69(65)51-23-11-4-12-24-51/h1-44H. The highest BCUT2D eigenvalue weighted by Crippen LogP contribution is 2.50. The van der Waals surface area contributed by atoms with E-state index in [1.54, 1.807) is 0 Å². The highest BCUT2D eigenvalue weighted by atomic mass is 32.1. The number of rotatable bonds is 10. The molecule has 0 spiro atoms. The van der Waals surface area contributed by atoms with Crippen molar-refractivity contribution < 1.29 is 0 Å². The zero-order valence-corrected chi connectivity index (χ0v) is 38.9. The highest BCUT2D eigenvalue weighted by molar-refractivity contribution is 7.26. The number of hydrogen-bond acceptors (Lipinski definition) is 4. The fourth-order valence-electron chi connectivity index (χ4n) is 10.3. The predicted molar refractivity (Wildman–Crippen MR) is 297 cm³/mol. The molecule has 0 aliphatic rings. The number of anilines is 6. The summed E-state index contributed by atoms with van der Waals surface area (Å²) < 4.78 is 5.00. The molecule has 13 rings (SSSR count). The van der Waals surface area contributed by atoms with Crippen molar-refractivity contribution in [1.29, 1.82) is 0 Å². The van der Waals surface area contributed by atoms with Gasteiger partial charge in [-0.3, -0.25) is 4.98 Å². The maximum absolute atomic E-state index is 4.46. The largest absolute Gasteiger partial charge is 0.310 e. The van der Waals surface area contributed by atoms with Crippen molar-refractivity contribution in [2.75, 3.05) is 9.80 Å². The second-order valence-corrected chi connectivity index (χ2v) is 18.7. The molecule has 0 saturated heterocycles. The molecule has 0 aliphatic carbocycles. The van der Waals surface area contributed by atoms with Gasteiger partial charge in [0, 0.05) is 83.2 Å². The van der Waals surface area contributed by atoms with E-state index in [2.05, 4.69) is 274 Å². The summed E-state index contributed by atoms with van der Waals surface area (Å²) in [6, 6.07) is 92.3. The maximum Gasteiger partial charge on any atom is 0.0640 e. The third-order valence-corrected chi connectivity index (χ3v) is 14.5. The van der Waals surface area contributed by atoms with Crippen molar-refractivity contribution in [3.8, 4) is 39.1 Å². The lowest BCUT2D eigenvalue weighted by Crippen LogP contribution is -2.13. The van der Waals surface area contributed by atoms with E-state index in [1.165, 1.54) is 69.8 Å². The lowest BCUT2D eigenvalue weighted by molar-refractivity contribution is 1.19. The van der Waals surface area contributed by atoms with E-state index in [0.29, 0.717) is 0 Å². The monoisotopic (exact) mass is 912 g/mol. The number of nitrogens with zero attached hydrogens (tertiary/aromatic N) is 4. The molecule has 0 amide bonds. The molecule has 13 aromatic rings. The second kappa shape index (κ2) is 17.6. The number of aromatic nitrogens is 2. The normalized spacial score (nSPS) is 11.4. The summed E-state index contributed by atoms with van der Waals surface area (Å²) >= 11 is 1.87. The van der Waals surface area contributed by atoms with E-state index in [4.69, 9.17) is 0 Å². The summed E-state index contributed by atoms with van der Waals surface area (Å²) in [6.45, 7) is 0. The van der Waals surface area contributed by atoms with Gasteiger partial charge in [0.05, 0.1) is 11.0 Å². The summed E-state index contributed by atoms with van der Waals surface area (Å²) in [7, 11) is 0. The summed E-state index contributed by atoms with van der Waals surface area (Å²) in [5.41, 5.74) is 16.7. The first-order chi connectivity index (χ1) is 34.7. The van der Waals surface area contributed by atoms with Gasteiger partial charge in [0.15, 0.2) is 0 Å². The lowest BCUT2D eigenvalue weighted by atomic mass is 9.95. The van der Waals surface area contributed by atoms with Crippen molar-refractivity contribution in [2.45, 2.75) is 0 Å². The van der Waals surface area contributed by atoms with E-state index < -0.39 is 0 Å². The van der Waals surface area contributed by atoms with Crippen molar-refractivity contribution in [3.05, 3.63) is 267 Å². The zero-order valence-electron chi connectivity index (χ0n) is 38.1. The van der Waals surface area contributed by atoms with Crippen LogP contribution in [0.3, 0.4) is 0 Å². The first kappa shape index (κ1) is 41.2. The quantitative estimate of drug-likeness (QED) is 0.137. The fraction of sp³-hybridized carbons (Fsp3) is 0. The molecule has 0 unspecified atom stereocenters. The first-order valence-corrected chi connectivity index (χ1v) is 24.5. The Bertz CT molecular complexity index is 3840. The number of pyridine rings is 1. The Morgan fingerprint density at radius 1 is 0.329 bits per heavy atom. The van der Waals surface area contributed by atoms with E-state index in [-0.39, 0.29) is 0 Å². The second-order valence-electron chi connectivity index (χ2n) is 17.6.